The summed E-state index contributed by atoms with van der Waals surface area (Å²) in [6, 6.07) is 3.50. The number of hydrogen-bond acceptors (Lipinski definition) is 7. The average Bonchev–Trinajstić information content (AvgIpc) is 3.50. The Hall–Kier alpha value is -2.51. The number of carboxylic acids is 1. The molecule has 35 heavy (non-hydrogen) atoms. The minimum absolute atomic E-state index is 0.0223. The van der Waals surface area contributed by atoms with Crippen molar-refractivity contribution in [2.45, 2.75) is 62.6 Å². The third-order valence-corrected chi connectivity index (χ3v) is 7.42. The van der Waals surface area contributed by atoms with E-state index in [2.05, 4.69) is 10.1 Å². The van der Waals surface area contributed by atoms with E-state index in [1.165, 1.54) is 18.2 Å². The Labute approximate surface area is 204 Å². The van der Waals surface area contributed by atoms with Crippen molar-refractivity contribution >= 4 is 27.4 Å². The van der Waals surface area contributed by atoms with Crippen LogP contribution in [-0.4, -0.2) is 47.6 Å². The third-order valence-electron chi connectivity index (χ3n) is 5.37. The van der Waals surface area contributed by atoms with Gasteiger partial charge in [0.25, 0.3) is 0 Å². The number of aliphatic carboxylic acids is 1. The van der Waals surface area contributed by atoms with Gasteiger partial charge in [-0.3, -0.25) is 0 Å². The van der Waals surface area contributed by atoms with Crippen LogP contribution in [0.1, 0.15) is 51.3 Å². The van der Waals surface area contributed by atoms with Gasteiger partial charge in [-0.1, -0.05) is 30.6 Å². The number of allylic oxidation sites excluding steroid dienone is 1. The van der Waals surface area contributed by atoms with Crippen molar-refractivity contribution in [2.75, 3.05) is 5.75 Å². The predicted octanol–water partition coefficient (Wildman–Crippen LogP) is 5.05. The van der Waals surface area contributed by atoms with Crippen LogP contribution in [0.3, 0.4) is 0 Å². The van der Waals surface area contributed by atoms with Crippen LogP contribution < -0.4 is 5.73 Å². The van der Waals surface area contributed by atoms with Crippen LogP contribution in [-0.2, 0) is 14.6 Å². The molecule has 14 heteroatoms. The van der Waals surface area contributed by atoms with Gasteiger partial charge in [-0.05, 0) is 49.5 Å². The van der Waals surface area contributed by atoms with Crippen molar-refractivity contribution in [3.63, 3.8) is 0 Å². The van der Waals surface area contributed by atoms with Crippen molar-refractivity contribution in [1.82, 2.24) is 10.1 Å². The van der Waals surface area contributed by atoms with E-state index < -0.39 is 33.9 Å². The van der Waals surface area contributed by atoms with E-state index in [4.69, 9.17) is 31.8 Å². The van der Waals surface area contributed by atoms with Crippen LogP contribution >= 0.6 is 11.6 Å². The van der Waals surface area contributed by atoms with Crippen LogP contribution in [0, 0.1) is 0 Å². The highest BCUT2D eigenvalue weighted by molar-refractivity contribution is 7.91. The highest BCUT2D eigenvalue weighted by Crippen LogP contribution is 2.34. The molecule has 1 aromatic carbocycles. The number of alkyl halides is 3. The van der Waals surface area contributed by atoms with Crippen LogP contribution in [0.25, 0.3) is 11.4 Å². The average molecular weight is 544 g/mol. The van der Waals surface area contributed by atoms with E-state index in [1.807, 2.05) is 0 Å². The van der Waals surface area contributed by atoms with E-state index >= 15 is 0 Å². The summed E-state index contributed by atoms with van der Waals surface area (Å²) in [5, 5.41) is 11.2. The molecule has 2 atom stereocenters. The van der Waals surface area contributed by atoms with E-state index in [0.717, 1.165) is 31.3 Å². The second kappa shape index (κ2) is 11.5. The number of aromatic nitrogens is 2. The number of carbonyl (C=O) groups is 1. The minimum Gasteiger partial charge on any atom is -0.475 e. The molecular weight excluding hydrogens is 520 g/mol. The molecule has 1 fully saturated rings. The molecule has 0 spiro atoms. The number of carboxylic acid groups (broad SMARTS) is 1. The molecule has 1 aliphatic rings. The van der Waals surface area contributed by atoms with Gasteiger partial charge in [0.15, 0.2) is 9.84 Å². The molecule has 1 aliphatic carbocycles. The van der Waals surface area contributed by atoms with E-state index in [0.29, 0.717) is 5.56 Å². The Morgan fingerprint density at radius 2 is 1.89 bits per heavy atom. The van der Waals surface area contributed by atoms with Crippen LogP contribution in [0.15, 0.2) is 39.0 Å². The van der Waals surface area contributed by atoms with Gasteiger partial charge >= 0.3 is 12.1 Å². The maximum absolute atomic E-state index is 14.6. The lowest BCUT2D eigenvalue weighted by atomic mass is 9.98. The Kier molecular flexibility index (Phi) is 9.42. The van der Waals surface area contributed by atoms with Gasteiger partial charge in [0.2, 0.25) is 11.7 Å². The summed E-state index contributed by atoms with van der Waals surface area (Å²) < 4.78 is 75.6. The zero-order valence-electron chi connectivity index (χ0n) is 18.8. The van der Waals surface area contributed by atoms with E-state index in [-0.39, 0.29) is 33.2 Å². The van der Waals surface area contributed by atoms with Crippen LogP contribution in [0.5, 0.6) is 0 Å². The standard InChI is InChI=1S/C19H23ClFN3O3S.C2HF3O2/c1-3-28(25,26)13-8-9-14(15(20)10-13)18-23-19(27-24-18)11(2)17(22)16(21)12-6-4-5-7-12;3-2(4,5)1(6)7/h8-11,17H,3-7,22H2,1-2H3;(H,6,7)/t11-,17-;/m0./s1/i1+2;. The Morgan fingerprint density at radius 3 is 2.37 bits per heavy atom. The molecule has 0 aliphatic heterocycles. The molecule has 0 radical (unpaired) electrons. The molecule has 0 amide bonds. The lowest BCUT2D eigenvalue weighted by Crippen LogP contribution is -2.28. The molecule has 1 saturated carbocycles. The van der Waals surface area contributed by atoms with Gasteiger partial charge in [-0.15, -0.1) is 0 Å². The van der Waals surface area contributed by atoms with Gasteiger partial charge in [-0.2, -0.15) is 18.2 Å². The maximum atomic E-state index is 14.6. The molecular formula is C21H24ClF4N3O5S. The van der Waals surface area contributed by atoms with Crippen molar-refractivity contribution in [2.24, 2.45) is 5.73 Å². The monoisotopic (exact) mass is 543 g/mol. The molecule has 0 unspecified atom stereocenters. The number of nitrogens with two attached hydrogens (primary N) is 1. The molecule has 1 heterocycles. The van der Waals surface area contributed by atoms with Gasteiger partial charge in [0, 0.05) is 5.56 Å². The quantitative estimate of drug-likeness (QED) is 0.483. The Balaban J connectivity index is 0.000000540. The number of halogens is 5. The number of rotatable bonds is 6. The highest BCUT2D eigenvalue weighted by atomic mass is 35.5. The summed E-state index contributed by atoms with van der Waals surface area (Å²) in [6.07, 6.45) is -1.64. The summed E-state index contributed by atoms with van der Waals surface area (Å²) in [4.78, 5) is 13.3. The first-order valence-electron chi connectivity index (χ1n) is 10.5. The number of nitrogens with zero attached hydrogens (tertiary/aromatic N) is 2. The molecule has 3 N–H and O–H groups in total. The summed E-state index contributed by atoms with van der Waals surface area (Å²) >= 11 is 6.24. The van der Waals surface area contributed by atoms with Gasteiger partial charge in [0.05, 0.1) is 27.6 Å². The predicted molar refractivity (Wildman–Crippen MR) is 119 cm³/mol. The Morgan fingerprint density at radius 1 is 1.31 bits per heavy atom. The van der Waals surface area contributed by atoms with Crippen molar-refractivity contribution in [3.8, 4) is 11.4 Å². The molecule has 3 rings (SSSR count). The summed E-state index contributed by atoms with van der Waals surface area (Å²) in [6.45, 7) is 3.29. The zero-order valence-corrected chi connectivity index (χ0v) is 20.3. The number of hydrogen-bond donors (Lipinski definition) is 2. The molecule has 0 bridgehead atoms. The topological polar surface area (TPSA) is 136 Å². The summed E-state index contributed by atoms with van der Waals surface area (Å²) in [5.74, 6) is -3.17. The lowest BCUT2D eigenvalue weighted by Gasteiger charge is -2.16. The first kappa shape index (κ1) is 28.7. The van der Waals surface area contributed by atoms with E-state index in [1.54, 1.807) is 13.8 Å². The van der Waals surface area contributed by atoms with Crippen LogP contribution in [0.4, 0.5) is 17.6 Å². The van der Waals surface area contributed by atoms with Gasteiger partial charge in [0.1, 0.15) is 5.83 Å². The molecule has 8 nitrogen and oxygen atoms in total. The molecule has 194 valence electrons. The van der Waals surface area contributed by atoms with Crippen LogP contribution in [0.2, 0.25) is 5.02 Å². The first-order chi connectivity index (χ1) is 16.2. The smallest absolute Gasteiger partial charge is 0.475 e. The largest absolute Gasteiger partial charge is 0.490 e. The molecule has 2 aromatic rings. The first-order valence-corrected chi connectivity index (χ1v) is 12.5. The van der Waals surface area contributed by atoms with Crippen molar-refractivity contribution < 1.29 is 40.4 Å². The van der Waals surface area contributed by atoms with Gasteiger partial charge in [-0.25, -0.2) is 17.6 Å². The number of benzene rings is 1. The normalized spacial score (nSPS) is 15.8. The van der Waals surface area contributed by atoms with E-state index in [9.17, 15) is 26.0 Å². The lowest BCUT2D eigenvalue weighted by molar-refractivity contribution is -0.192. The van der Waals surface area contributed by atoms with Gasteiger partial charge < -0.3 is 15.4 Å². The summed E-state index contributed by atoms with van der Waals surface area (Å²) in [7, 11) is -3.37. The maximum Gasteiger partial charge on any atom is 0.490 e. The molecule has 1 aromatic heterocycles. The Bertz CT molecular complexity index is 1190. The van der Waals surface area contributed by atoms with Crippen molar-refractivity contribution in [3.05, 3.63) is 40.5 Å². The summed E-state index contributed by atoms with van der Waals surface area (Å²) in [5.41, 5.74) is 7.29. The third kappa shape index (κ3) is 7.24. The minimum atomic E-state index is -5.08. The SMILES string of the molecule is C[C@H](c1nc(-c2ccc(S(=O)(=O)C[14CH3])cc2Cl)no1)[C@H](N)C(F)=C1CCCC1.O=C(O)C(F)(F)F. The molecule has 0 saturated heterocycles. The number of sulfone groups is 1. The highest BCUT2D eigenvalue weighted by Gasteiger charge is 2.38. The fourth-order valence-electron chi connectivity index (χ4n) is 3.22. The second-order valence-corrected chi connectivity index (χ2v) is 10.5. The second-order valence-electron chi connectivity index (χ2n) is 7.78. The van der Waals surface area contributed by atoms with Crippen molar-refractivity contribution in [1.29, 1.82) is 0 Å². The fraction of sp³-hybridized carbons (Fsp3) is 0.476. The zero-order chi connectivity index (χ0) is 26.6. The fourth-order valence-corrected chi connectivity index (χ4v) is 4.45.